The van der Waals surface area contributed by atoms with Crippen molar-refractivity contribution in [1.29, 1.82) is 0 Å². The molecule has 5 heteroatoms. The van der Waals surface area contributed by atoms with Gasteiger partial charge in [0.1, 0.15) is 5.69 Å². The molecule has 3 aromatic rings. The predicted molar refractivity (Wildman–Crippen MR) is 82.7 cm³/mol. The Hall–Kier alpha value is -1.78. The van der Waals surface area contributed by atoms with Gasteiger partial charge < -0.3 is 9.72 Å². The number of benzene rings is 1. The van der Waals surface area contributed by atoms with Crippen molar-refractivity contribution in [2.24, 2.45) is 0 Å². The molecule has 0 aliphatic heterocycles. The number of aromatic nitrogens is 1. The first kappa shape index (κ1) is 13.2. The number of rotatable bonds is 2. The van der Waals surface area contributed by atoms with Gasteiger partial charge in [-0.2, -0.15) is 0 Å². The van der Waals surface area contributed by atoms with E-state index in [1.807, 2.05) is 37.3 Å². The Labute approximate surface area is 125 Å². The lowest BCUT2D eigenvalue weighted by Gasteiger charge is -2.04. The van der Waals surface area contributed by atoms with Crippen LogP contribution in [0.5, 0.6) is 0 Å². The fraction of sp³-hybridized carbons (Fsp3) is 0.133. The van der Waals surface area contributed by atoms with Gasteiger partial charge in [-0.15, -0.1) is 11.3 Å². The van der Waals surface area contributed by atoms with Crippen LogP contribution in [-0.2, 0) is 4.74 Å². The third-order valence-electron chi connectivity index (χ3n) is 3.09. The molecule has 2 aromatic heterocycles. The third-order valence-corrected chi connectivity index (χ3v) is 4.40. The van der Waals surface area contributed by atoms with Gasteiger partial charge in [-0.3, -0.25) is 0 Å². The largest absolute Gasteiger partial charge is 0.464 e. The van der Waals surface area contributed by atoms with E-state index in [0.717, 1.165) is 21.3 Å². The first-order valence-electron chi connectivity index (χ1n) is 6.06. The highest BCUT2D eigenvalue weighted by Crippen LogP contribution is 2.38. The molecule has 0 spiro atoms. The Morgan fingerprint density at radius 1 is 1.35 bits per heavy atom. The Morgan fingerprint density at radius 2 is 2.15 bits per heavy atom. The number of halogens is 1. The molecule has 0 aliphatic carbocycles. The monoisotopic (exact) mass is 305 g/mol. The van der Waals surface area contributed by atoms with Gasteiger partial charge in [-0.25, -0.2) is 4.79 Å². The van der Waals surface area contributed by atoms with E-state index in [-0.39, 0.29) is 5.97 Å². The molecular weight excluding hydrogens is 294 g/mol. The molecule has 0 saturated heterocycles. The zero-order chi connectivity index (χ0) is 14.3. The normalized spacial score (nSPS) is 10.9. The van der Waals surface area contributed by atoms with Crippen molar-refractivity contribution in [3.05, 3.63) is 45.9 Å². The zero-order valence-corrected chi connectivity index (χ0v) is 12.6. The molecule has 1 N–H and O–H groups in total. The lowest BCUT2D eigenvalue weighted by Crippen LogP contribution is -2.03. The molecule has 0 saturated carbocycles. The van der Waals surface area contributed by atoms with E-state index in [4.69, 9.17) is 16.3 Å². The van der Waals surface area contributed by atoms with Crippen molar-refractivity contribution >= 4 is 39.1 Å². The van der Waals surface area contributed by atoms with E-state index in [2.05, 4.69) is 4.98 Å². The van der Waals surface area contributed by atoms with Crippen LogP contribution in [0.3, 0.4) is 0 Å². The second-order valence-corrected chi connectivity index (χ2v) is 6.17. The number of fused-ring (bicyclic) bond motifs is 1. The molecule has 3 nitrogen and oxygen atoms in total. The van der Waals surface area contributed by atoms with Gasteiger partial charge in [0.05, 0.1) is 17.3 Å². The highest BCUT2D eigenvalue weighted by atomic mass is 35.5. The van der Waals surface area contributed by atoms with Crippen LogP contribution in [0.1, 0.15) is 15.4 Å². The van der Waals surface area contributed by atoms with Crippen molar-refractivity contribution < 1.29 is 9.53 Å². The number of methoxy groups -OCH3 is 1. The van der Waals surface area contributed by atoms with Gasteiger partial charge >= 0.3 is 5.97 Å². The van der Waals surface area contributed by atoms with Gasteiger partial charge in [0.25, 0.3) is 0 Å². The molecule has 2 heterocycles. The smallest absolute Gasteiger partial charge is 0.355 e. The summed E-state index contributed by atoms with van der Waals surface area (Å²) in [4.78, 5) is 16.3. The molecule has 0 fully saturated rings. The van der Waals surface area contributed by atoms with Crippen LogP contribution in [0.25, 0.3) is 21.3 Å². The summed E-state index contributed by atoms with van der Waals surface area (Å²) in [5.41, 5.74) is 3.18. The van der Waals surface area contributed by atoms with Crippen LogP contribution in [0, 0.1) is 6.92 Å². The van der Waals surface area contributed by atoms with Gasteiger partial charge in [-0.1, -0.05) is 23.7 Å². The minimum atomic E-state index is -0.374. The maximum atomic E-state index is 12.0. The van der Waals surface area contributed by atoms with Crippen molar-refractivity contribution in [2.45, 2.75) is 6.92 Å². The fourth-order valence-electron chi connectivity index (χ4n) is 2.28. The summed E-state index contributed by atoms with van der Waals surface area (Å²) in [7, 11) is 1.38. The average Bonchev–Trinajstić information content (AvgIpc) is 2.93. The maximum absolute atomic E-state index is 12.0. The molecule has 3 rings (SSSR count). The van der Waals surface area contributed by atoms with Crippen LogP contribution < -0.4 is 0 Å². The van der Waals surface area contributed by atoms with Crippen molar-refractivity contribution in [2.75, 3.05) is 7.11 Å². The summed E-state index contributed by atoms with van der Waals surface area (Å²) < 4.78 is 5.91. The number of thiophene rings is 1. The summed E-state index contributed by atoms with van der Waals surface area (Å²) in [6, 6.07) is 9.51. The van der Waals surface area contributed by atoms with Crippen LogP contribution in [-0.4, -0.2) is 18.1 Å². The number of ether oxygens (including phenoxy) is 1. The highest BCUT2D eigenvalue weighted by molar-refractivity contribution is 7.19. The quantitative estimate of drug-likeness (QED) is 0.701. The summed E-state index contributed by atoms with van der Waals surface area (Å²) in [6.45, 7) is 2.04. The maximum Gasteiger partial charge on any atom is 0.355 e. The number of esters is 1. The van der Waals surface area contributed by atoms with Gasteiger partial charge in [0.2, 0.25) is 0 Å². The molecule has 102 valence electrons. The van der Waals surface area contributed by atoms with Gasteiger partial charge in [0, 0.05) is 15.5 Å². The number of aryl methyl sites for hydroxylation is 1. The lowest BCUT2D eigenvalue weighted by atomic mass is 10.1. The zero-order valence-electron chi connectivity index (χ0n) is 11.0. The molecule has 20 heavy (non-hydrogen) atoms. The predicted octanol–water partition coefficient (Wildman–Crippen LogP) is 4.64. The number of carbonyl (C=O) groups excluding carboxylic acids is 1. The standard InChI is InChI=1S/C15H12ClNO2S/c1-8-6-11-14(20-8)12(13(17-11)15(18)19-2)9-4-3-5-10(16)7-9/h3-7,17H,1-2H3. The molecule has 0 atom stereocenters. The molecule has 0 amide bonds. The van der Waals surface area contributed by atoms with E-state index in [1.54, 1.807) is 11.3 Å². The second kappa shape index (κ2) is 4.96. The molecule has 0 bridgehead atoms. The Morgan fingerprint density at radius 3 is 2.85 bits per heavy atom. The van der Waals surface area contributed by atoms with E-state index < -0.39 is 0 Å². The second-order valence-electron chi connectivity index (χ2n) is 4.48. The summed E-state index contributed by atoms with van der Waals surface area (Å²) in [5.74, 6) is -0.374. The SMILES string of the molecule is COC(=O)c1[nH]c2cc(C)sc2c1-c1cccc(Cl)c1. The minimum Gasteiger partial charge on any atom is -0.464 e. The van der Waals surface area contributed by atoms with Crippen LogP contribution in [0.2, 0.25) is 5.02 Å². The summed E-state index contributed by atoms with van der Waals surface area (Å²) in [5, 5.41) is 0.640. The Bertz CT molecular complexity index is 803. The number of aromatic amines is 1. The average molecular weight is 306 g/mol. The first-order valence-corrected chi connectivity index (χ1v) is 7.26. The highest BCUT2D eigenvalue weighted by Gasteiger charge is 2.21. The van der Waals surface area contributed by atoms with E-state index in [9.17, 15) is 4.79 Å². The topological polar surface area (TPSA) is 42.1 Å². The number of H-pyrrole nitrogens is 1. The number of hydrogen-bond donors (Lipinski definition) is 1. The van der Waals surface area contributed by atoms with Crippen molar-refractivity contribution in [1.82, 2.24) is 4.98 Å². The van der Waals surface area contributed by atoms with Crippen LogP contribution in [0.4, 0.5) is 0 Å². The van der Waals surface area contributed by atoms with Crippen LogP contribution >= 0.6 is 22.9 Å². The summed E-state index contributed by atoms with van der Waals surface area (Å²) in [6.07, 6.45) is 0. The van der Waals surface area contributed by atoms with Crippen LogP contribution in [0.15, 0.2) is 30.3 Å². The fourth-order valence-corrected chi connectivity index (χ4v) is 3.51. The molecule has 1 aromatic carbocycles. The number of carbonyl (C=O) groups is 1. The van der Waals surface area contributed by atoms with E-state index in [1.165, 1.54) is 12.0 Å². The van der Waals surface area contributed by atoms with Crippen molar-refractivity contribution in [3.8, 4) is 11.1 Å². The first-order chi connectivity index (χ1) is 9.60. The van der Waals surface area contributed by atoms with Crippen molar-refractivity contribution in [3.63, 3.8) is 0 Å². The third kappa shape index (κ3) is 2.11. The molecule has 0 radical (unpaired) electrons. The molecule has 0 unspecified atom stereocenters. The summed E-state index contributed by atoms with van der Waals surface area (Å²) >= 11 is 7.71. The minimum absolute atomic E-state index is 0.374. The van der Waals surface area contributed by atoms with E-state index >= 15 is 0 Å². The Kier molecular flexibility index (Phi) is 3.28. The molecular formula is C15H12ClNO2S. The van der Waals surface area contributed by atoms with E-state index in [0.29, 0.717) is 10.7 Å². The number of hydrogen-bond acceptors (Lipinski definition) is 3. The van der Waals surface area contributed by atoms with Gasteiger partial charge in [-0.05, 0) is 30.7 Å². The van der Waals surface area contributed by atoms with Gasteiger partial charge in [0.15, 0.2) is 0 Å². The number of nitrogens with one attached hydrogen (secondary N) is 1. The lowest BCUT2D eigenvalue weighted by molar-refractivity contribution is 0.0596. The molecule has 0 aliphatic rings. The Balaban J connectivity index is 2.32.